The van der Waals surface area contributed by atoms with Crippen LogP contribution in [0.15, 0.2) is 18.2 Å². The maximum Gasteiger partial charge on any atom is 0.0595 e. The molecule has 2 heteroatoms. The van der Waals surface area contributed by atoms with Gasteiger partial charge in [0, 0.05) is 0 Å². The first-order valence-electron chi connectivity index (χ1n) is 8.11. The molecule has 20 heavy (non-hydrogen) atoms. The third kappa shape index (κ3) is 2.74. The molecule has 2 saturated carbocycles. The third-order valence-electron chi connectivity index (χ3n) is 5.55. The van der Waals surface area contributed by atoms with Crippen molar-refractivity contribution in [2.24, 2.45) is 11.8 Å². The summed E-state index contributed by atoms with van der Waals surface area (Å²) in [7, 11) is 0. The first-order valence-corrected chi connectivity index (χ1v) is 8.87. The van der Waals surface area contributed by atoms with Crippen LogP contribution in [-0.4, -0.2) is 0 Å². The van der Waals surface area contributed by atoms with E-state index in [1.165, 1.54) is 56.9 Å². The van der Waals surface area contributed by atoms with Crippen LogP contribution in [-0.2, 0) is 5.41 Å². The molecule has 1 aromatic carbocycles. The highest BCUT2D eigenvalue weighted by atomic mass is 35.5. The Morgan fingerprint density at radius 2 is 2.10 bits per heavy atom. The largest absolute Gasteiger partial charge is 0.0827 e. The standard InChI is InChI=1S/C18H24Cl2/c1-2-3-5-13-6-4-9-18(12-15(18)10-13)14-7-8-16(19)17(20)11-14/h7-8,11,13,15H,2-6,9-10,12H2,1H3. The van der Waals surface area contributed by atoms with Gasteiger partial charge in [0.2, 0.25) is 0 Å². The minimum Gasteiger partial charge on any atom is -0.0827 e. The molecule has 0 amide bonds. The molecule has 2 fully saturated rings. The fraction of sp³-hybridized carbons (Fsp3) is 0.667. The molecule has 110 valence electrons. The monoisotopic (exact) mass is 310 g/mol. The highest BCUT2D eigenvalue weighted by Crippen LogP contribution is 2.62. The number of hydrogen-bond donors (Lipinski definition) is 0. The van der Waals surface area contributed by atoms with Gasteiger partial charge in [0.15, 0.2) is 0 Å². The molecule has 3 rings (SSSR count). The molecule has 3 atom stereocenters. The van der Waals surface area contributed by atoms with Crippen molar-refractivity contribution < 1.29 is 0 Å². The smallest absolute Gasteiger partial charge is 0.0595 e. The number of benzene rings is 1. The number of hydrogen-bond acceptors (Lipinski definition) is 0. The van der Waals surface area contributed by atoms with Crippen molar-refractivity contribution in [1.29, 1.82) is 0 Å². The molecule has 1 aromatic rings. The summed E-state index contributed by atoms with van der Waals surface area (Å²) in [6.07, 6.45) is 11.1. The Balaban J connectivity index is 1.73. The van der Waals surface area contributed by atoms with E-state index in [4.69, 9.17) is 23.2 Å². The van der Waals surface area contributed by atoms with Crippen LogP contribution >= 0.6 is 23.2 Å². The minimum atomic E-state index is 0.440. The quantitative estimate of drug-likeness (QED) is 0.585. The Morgan fingerprint density at radius 1 is 1.25 bits per heavy atom. The molecule has 0 spiro atoms. The van der Waals surface area contributed by atoms with Gasteiger partial charge in [-0.05, 0) is 54.2 Å². The van der Waals surface area contributed by atoms with E-state index in [1.807, 2.05) is 6.07 Å². The third-order valence-corrected chi connectivity index (χ3v) is 6.28. The number of unbranched alkanes of at least 4 members (excludes halogenated alkanes) is 1. The molecule has 0 aromatic heterocycles. The van der Waals surface area contributed by atoms with Crippen molar-refractivity contribution in [3.8, 4) is 0 Å². The lowest BCUT2D eigenvalue weighted by Crippen LogP contribution is -2.09. The zero-order valence-electron chi connectivity index (χ0n) is 12.3. The van der Waals surface area contributed by atoms with Crippen molar-refractivity contribution >= 4 is 23.2 Å². The van der Waals surface area contributed by atoms with E-state index in [9.17, 15) is 0 Å². The van der Waals surface area contributed by atoms with Gasteiger partial charge in [0.05, 0.1) is 10.0 Å². The molecule has 0 aliphatic heterocycles. The van der Waals surface area contributed by atoms with Crippen molar-refractivity contribution in [2.75, 3.05) is 0 Å². The van der Waals surface area contributed by atoms with Gasteiger partial charge in [0.1, 0.15) is 0 Å². The molecular weight excluding hydrogens is 287 g/mol. The summed E-state index contributed by atoms with van der Waals surface area (Å²) in [5, 5.41) is 1.40. The van der Waals surface area contributed by atoms with E-state index in [2.05, 4.69) is 19.1 Å². The minimum absolute atomic E-state index is 0.440. The maximum absolute atomic E-state index is 6.22. The zero-order valence-corrected chi connectivity index (χ0v) is 13.8. The number of halogens is 2. The molecule has 0 bridgehead atoms. The lowest BCUT2D eigenvalue weighted by molar-refractivity contribution is 0.393. The summed E-state index contributed by atoms with van der Waals surface area (Å²) in [5.74, 6) is 1.86. The first kappa shape index (κ1) is 14.7. The lowest BCUT2D eigenvalue weighted by atomic mass is 9.89. The Labute approximate surface area is 132 Å². The average molecular weight is 311 g/mol. The summed E-state index contributed by atoms with van der Waals surface area (Å²) >= 11 is 12.3. The topological polar surface area (TPSA) is 0 Å². The van der Waals surface area contributed by atoms with Gasteiger partial charge in [-0.1, -0.05) is 68.3 Å². The predicted molar refractivity (Wildman–Crippen MR) is 87.7 cm³/mol. The van der Waals surface area contributed by atoms with Crippen LogP contribution in [0.4, 0.5) is 0 Å². The van der Waals surface area contributed by atoms with Gasteiger partial charge in [-0.25, -0.2) is 0 Å². The molecule has 0 heterocycles. The van der Waals surface area contributed by atoms with E-state index in [0.717, 1.165) is 16.9 Å². The molecule has 3 unspecified atom stereocenters. The molecular formula is C18H24Cl2. The Kier molecular flexibility index (Phi) is 4.34. The van der Waals surface area contributed by atoms with Gasteiger partial charge in [0.25, 0.3) is 0 Å². The van der Waals surface area contributed by atoms with Crippen molar-refractivity contribution in [3.05, 3.63) is 33.8 Å². The van der Waals surface area contributed by atoms with Gasteiger partial charge in [-0.15, -0.1) is 0 Å². The SMILES string of the molecule is CCCCC1CCCC2(c3ccc(Cl)c(Cl)c3)CC2C1. The Bertz CT molecular complexity index is 482. The number of fused-ring (bicyclic) bond motifs is 1. The zero-order chi connectivity index (χ0) is 14.2. The highest BCUT2D eigenvalue weighted by Gasteiger charge is 2.55. The second-order valence-electron chi connectivity index (χ2n) is 6.82. The van der Waals surface area contributed by atoms with E-state index < -0.39 is 0 Å². The van der Waals surface area contributed by atoms with Crippen molar-refractivity contribution in [3.63, 3.8) is 0 Å². The molecule has 0 radical (unpaired) electrons. The second kappa shape index (κ2) is 5.89. The van der Waals surface area contributed by atoms with Crippen LogP contribution in [0.2, 0.25) is 10.0 Å². The van der Waals surface area contributed by atoms with Gasteiger partial charge in [-0.3, -0.25) is 0 Å². The first-order chi connectivity index (χ1) is 9.65. The molecule has 0 saturated heterocycles. The maximum atomic E-state index is 6.22. The van der Waals surface area contributed by atoms with Gasteiger partial charge >= 0.3 is 0 Å². The van der Waals surface area contributed by atoms with Crippen molar-refractivity contribution in [2.45, 2.75) is 63.7 Å². The average Bonchev–Trinajstić information content (AvgIpc) is 3.13. The summed E-state index contributed by atoms with van der Waals surface area (Å²) in [5.41, 5.74) is 1.88. The molecule has 2 aliphatic carbocycles. The van der Waals surface area contributed by atoms with Crippen LogP contribution in [0.25, 0.3) is 0 Å². The fourth-order valence-electron chi connectivity index (χ4n) is 4.28. The molecule has 0 nitrogen and oxygen atoms in total. The van der Waals surface area contributed by atoms with E-state index in [1.54, 1.807) is 0 Å². The van der Waals surface area contributed by atoms with E-state index in [-0.39, 0.29) is 0 Å². The van der Waals surface area contributed by atoms with E-state index >= 15 is 0 Å². The second-order valence-corrected chi connectivity index (χ2v) is 7.64. The van der Waals surface area contributed by atoms with Gasteiger partial charge in [-0.2, -0.15) is 0 Å². The normalized spacial score (nSPS) is 32.5. The summed E-state index contributed by atoms with van der Waals surface area (Å²) in [6, 6.07) is 6.31. The lowest BCUT2D eigenvalue weighted by Gasteiger charge is -2.16. The highest BCUT2D eigenvalue weighted by molar-refractivity contribution is 6.42. The van der Waals surface area contributed by atoms with Gasteiger partial charge < -0.3 is 0 Å². The van der Waals surface area contributed by atoms with Crippen LogP contribution in [0, 0.1) is 11.8 Å². The summed E-state index contributed by atoms with van der Waals surface area (Å²) in [4.78, 5) is 0. The Morgan fingerprint density at radius 3 is 2.85 bits per heavy atom. The summed E-state index contributed by atoms with van der Waals surface area (Å²) < 4.78 is 0. The Hall–Kier alpha value is -0.200. The van der Waals surface area contributed by atoms with Crippen LogP contribution in [0.3, 0.4) is 0 Å². The summed E-state index contributed by atoms with van der Waals surface area (Å²) in [6.45, 7) is 2.30. The van der Waals surface area contributed by atoms with E-state index in [0.29, 0.717) is 10.4 Å². The van der Waals surface area contributed by atoms with Crippen LogP contribution in [0.5, 0.6) is 0 Å². The van der Waals surface area contributed by atoms with Crippen LogP contribution < -0.4 is 0 Å². The van der Waals surface area contributed by atoms with Crippen molar-refractivity contribution in [1.82, 2.24) is 0 Å². The molecule has 2 aliphatic rings. The van der Waals surface area contributed by atoms with Crippen LogP contribution in [0.1, 0.15) is 63.9 Å². The fourth-order valence-corrected chi connectivity index (χ4v) is 4.58. The number of rotatable bonds is 4. The predicted octanol–water partition coefficient (Wildman–Crippen LogP) is 6.63. The molecule has 0 N–H and O–H groups in total.